The standard InChI is InChI=1S/C15H30N2/c1-5-12-6-7-14(16-3)15(9-12)17(4)10-13-8-11(13)2/h11-16H,5-10H2,1-4H3. The quantitative estimate of drug-likeness (QED) is 0.792. The van der Waals surface area contributed by atoms with Crippen LogP contribution in [-0.4, -0.2) is 37.6 Å². The van der Waals surface area contributed by atoms with E-state index in [1.54, 1.807) is 0 Å². The summed E-state index contributed by atoms with van der Waals surface area (Å²) in [6.45, 7) is 6.06. The Morgan fingerprint density at radius 1 is 1.24 bits per heavy atom. The monoisotopic (exact) mass is 238 g/mol. The Hall–Kier alpha value is -0.0800. The Bertz CT molecular complexity index is 241. The van der Waals surface area contributed by atoms with Crippen molar-refractivity contribution in [2.75, 3.05) is 20.6 Å². The smallest absolute Gasteiger partial charge is 0.0248 e. The first-order valence-electron chi connectivity index (χ1n) is 7.53. The average molecular weight is 238 g/mol. The molecule has 100 valence electrons. The van der Waals surface area contributed by atoms with E-state index >= 15 is 0 Å². The summed E-state index contributed by atoms with van der Waals surface area (Å²) in [5.41, 5.74) is 0. The van der Waals surface area contributed by atoms with Crippen LogP contribution in [0.25, 0.3) is 0 Å². The maximum atomic E-state index is 3.54. The molecule has 1 N–H and O–H groups in total. The lowest BCUT2D eigenvalue weighted by atomic mass is 9.80. The predicted octanol–water partition coefficient (Wildman–Crippen LogP) is 2.74. The van der Waals surface area contributed by atoms with E-state index in [0.717, 1.165) is 29.8 Å². The van der Waals surface area contributed by atoms with Crippen molar-refractivity contribution in [1.29, 1.82) is 0 Å². The molecule has 2 heteroatoms. The van der Waals surface area contributed by atoms with E-state index in [9.17, 15) is 0 Å². The normalized spacial score (nSPS) is 41.8. The zero-order chi connectivity index (χ0) is 12.4. The molecule has 0 bridgehead atoms. The van der Waals surface area contributed by atoms with Crippen molar-refractivity contribution in [3.8, 4) is 0 Å². The second kappa shape index (κ2) is 5.71. The largest absolute Gasteiger partial charge is 0.315 e. The number of hydrogen-bond donors (Lipinski definition) is 1. The number of nitrogens with zero attached hydrogens (tertiary/aromatic N) is 1. The van der Waals surface area contributed by atoms with Crippen molar-refractivity contribution < 1.29 is 0 Å². The number of nitrogens with one attached hydrogen (secondary N) is 1. The topological polar surface area (TPSA) is 15.3 Å². The summed E-state index contributed by atoms with van der Waals surface area (Å²) < 4.78 is 0. The summed E-state index contributed by atoms with van der Waals surface area (Å²) in [5, 5.41) is 3.54. The Morgan fingerprint density at radius 3 is 2.47 bits per heavy atom. The van der Waals surface area contributed by atoms with Crippen LogP contribution >= 0.6 is 0 Å². The fourth-order valence-corrected chi connectivity index (χ4v) is 3.58. The van der Waals surface area contributed by atoms with E-state index in [1.165, 1.54) is 38.6 Å². The van der Waals surface area contributed by atoms with E-state index in [-0.39, 0.29) is 0 Å². The van der Waals surface area contributed by atoms with Crippen molar-refractivity contribution in [3.05, 3.63) is 0 Å². The molecule has 0 saturated heterocycles. The molecule has 2 fully saturated rings. The Labute approximate surface area is 107 Å². The van der Waals surface area contributed by atoms with Crippen LogP contribution in [0.1, 0.15) is 46.0 Å². The van der Waals surface area contributed by atoms with Gasteiger partial charge in [-0.15, -0.1) is 0 Å². The van der Waals surface area contributed by atoms with Gasteiger partial charge >= 0.3 is 0 Å². The SMILES string of the molecule is CCC1CCC(NC)C(N(C)CC2CC2C)C1. The van der Waals surface area contributed by atoms with Gasteiger partial charge in [0.25, 0.3) is 0 Å². The summed E-state index contributed by atoms with van der Waals surface area (Å²) >= 11 is 0. The molecule has 2 rings (SSSR count). The van der Waals surface area contributed by atoms with E-state index in [1.807, 2.05) is 0 Å². The first-order chi connectivity index (χ1) is 8.15. The maximum Gasteiger partial charge on any atom is 0.0248 e. The zero-order valence-corrected chi connectivity index (χ0v) is 12.1. The minimum atomic E-state index is 0.719. The molecule has 2 aliphatic rings. The zero-order valence-electron chi connectivity index (χ0n) is 12.1. The molecule has 17 heavy (non-hydrogen) atoms. The highest BCUT2D eigenvalue weighted by atomic mass is 15.2. The van der Waals surface area contributed by atoms with Crippen LogP contribution in [0.15, 0.2) is 0 Å². The first-order valence-corrected chi connectivity index (χ1v) is 7.53. The third-order valence-electron chi connectivity index (χ3n) is 5.24. The molecule has 2 nitrogen and oxygen atoms in total. The van der Waals surface area contributed by atoms with Gasteiger partial charge in [-0.05, 0) is 57.5 Å². The molecular weight excluding hydrogens is 208 g/mol. The Morgan fingerprint density at radius 2 is 1.94 bits per heavy atom. The molecule has 2 aliphatic carbocycles. The Kier molecular flexibility index (Phi) is 4.48. The molecule has 0 aliphatic heterocycles. The van der Waals surface area contributed by atoms with Crippen LogP contribution in [0.2, 0.25) is 0 Å². The lowest BCUT2D eigenvalue weighted by molar-refractivity contribution is 0.116. The molecular formula is C15H30N2. The van der Waals surface area contributed by atoms with E-state index in [2.05, 4.69) is 38.2 Å². The lowest BCUT2D eigenvalue weighted by Crippen LogP contribution is -2.51. The molecule has 0 spiro atoms. The van der Waals surface area contributed by atoms with Gasteiger partial charge in [0.1, 0.15) is 0 Å². The highest BCUT2D eigenvalue weighted by Gasteiger charge is 2.37. The summed E-state index contributed by atoms with van der Waals surface area (Å²) in [5.74, 6) is 2.93. The molecule has 0 amide bonds. The summed E-state index contributed by atoms with van der Waals surface area (Å²) in [4.78, 5) is 2.65. The molecule has 0 heterocycles. The van der Waals surface area contributed by atoms with Gasteiger partial charge in [-0.3, -0.25) is 0 Å². The third-order valence-corrected chi connectivity index (χ3v) is 5.24. The molecule has 5 atom stereocenters. The van der Waals surface area contributed by atoms with Gasteiger partial charge in [-0.1, -0.05) is 20.3 Å². The summed E-state index contributed by atoms with van der Waals surface area (Å²) in [7, 11) is 4.48. The van der Waals surface area contributed by atoms with Crippen LogP contribution in [0.4, 0.5) is 0 Å². The first kappa shape index (κ1) is 13.4. The second-order valence-corrected chi connectivity index (χ2v) is 6.46. The van der Waals surface area contributed by atoms with Crippen molar-refractivity contribution in [2.45, 2.75) is 58.0 Å². The fourth-order valence-electron chi connectivity index (χ4n) is 3.58. The van der Waals surface area contributed by atoms with Gasteiger partial charge in [0, 0.05) is 18.6 Å². The molecule has 5 unspecified atom stereocenters. The molecule has 2 saturated carbocycles. The third kappa shape index (κ3) is 3.23. The summed E-state index contributed by atoms with van der Waals surface area (Å²) in [6, 6.07) is 1.49. The van der Waals surface area contributed by atoms with Crippen molar-refractivity contribution in [2.24, 2.45) is 17.8 Å². The minimum Gasteiger partial charge on any atom is -0.315 e. The van der Waals surface area contributed by atoms with Crippen molar-refractivity contribution in [1.82, 2.24) is 10.2 Å². The predicted molar refractivity (Wildman–Crippen MR) is 74.2 cm³/mol. The highest BCUT2D eigenvalue weighted by molar-refractivity contribution is 4.92. The van der Waals surface area contributed by atoms with Gasteiger partial charge in [0.05, 0.1) is 0 Å². The highest BCUT2D eigenvalue weighted by Crippen LogP contribution is 2.39. The number of rotatable bonds is 5. The van der Waals surface area contributed by atoms with Crippen LogP contribution < -0.4 is 5.32 Å². The van der Waals surface area contributed by atoms with Gasteiger partial charge in [-0.25, -0.2) is 0 Å². The van der Waals surface area contributed by atoms with Gasteiger partial charge < -0.3 is 10.2 Å². The number of hydrogen-bond acceptors (Lipinski definition) is 2. The van der Waals surface area contributed by atoms with Gasteiger partial charge in [-0.2, -0.15) is 0 Å². The van der Waals surface area contributed by atoms with Gasteiger partial charge in [0.15, 0.2) is 0 Å². The van der Waals surface area contributed by atoms with Crippen LogP contribution in [-0.2, 0) is 0 Å². The molecule has 0 aromatic heterocycles. The van der Waals surface area contributed by atoms with Crippen LogP contribution in [0.5, 0.6) is 0 Å². The summed E-state index contributed by atoms with van der Waals surface area (Å²) in [6.07, 6.45) is 7.01. The van der Waals surface area contributed by atoms with Crippen molar-refractivity contribution >= 4 is 0 Å². The maximum absolute atomic E-state index is 3.54. The van der Waals surface area contributed by atoms with E-state index in [4.69, 9.17) is 0 Å². The number of likely N-dealkylation sites (N-methyl/N-ethyl adjacent to an activating group) is 2. The molecule has 0 aromatic carbocycles. The van der Waals surface area contributed by atoms with E-state index < -0.39 is 0 Å². The second-order valence-electron chi connectivity index (χ2n) is 6.46. The van der Waals surface area contributed by atoms with Crippen LogP contribution in [0, 0.1) is 17.8 Å². The van der Waals surface area contributed by atoms with Crippen molar-refractivity contribution in [3.63, 3.8) is 0 Å². The minimum absolute atomic E-state index is 0.719. The van der Waals surface area contributed by atoms with Gasteiger partial charge in [0.2, 0.25) is 0 Å². The fraction of sp³-hybridized carbons (Fsp3) is 1.00. The Balaban J connectivity index is 1.89. The van der Waals surface area contributed by atoms with E-state index in [0.29, 0.717) is 0 Å². The lowest BCUT2D eigenvalue weighted by Gasteiger charge is -2.41. The van der Waals surface area contributed by atoms with Crippen LogP contribution in [0.3, 0.4) is 0 Å². The average Bonchev–Trinajstić information content (AvgIpc) is 3.03. The molecule has 0 aromatic rings. The molecule has 0 radical (unpaired) electrons.